The SMILES string of the molecule is COc1c(C#N)cccc1-c1cc(-c2cn(Cc3cccc([C@H](C)OC(=O)C4CCCCC4)n3)nn2)nc(N)n1. The van der Waals surface area contributed by atoms with Crippen LogP contribution in [0.4, 0.5) is 5.95 Å². The van der Waals surface area contributed by atoms with Gasteiger partial charge in [0.2, 0.25) is 5.95 Å². The van der Waals surface area contributed by atoms with E-state index in [0.29, 0.717) is 46.2 Å². The van der Waals surface area contributed by atoms with E-state index in [1.165, 1.54) is 13.5 Å². The van der Waals surface area contributed by atoms with Crippen molar-refractivity contribution < 1.29 is 14.3 Å². The molecule has 2 N–H and O–H groups in total. The average molecular weight is 539 g/mol. The largest absolute Gasteiger partial charge is 0.495 e. The Hall–Kier alpha value is -4.85. The summed E-state index contributed by atoms with van der Waals surface area (Å²) in [5, 5.41) is 17.9. The third-order valence-electron chi connectivity index (χ3n) is 6.96. The lowest BCUT2D eigenvalue weighted by Crippen LogP contribution is -2.22. The Morgan fingerprint density at radius 1 is 1.10 bits per heavy atom. The van der Waals surface area contributed by atoms with Crippen LogP contribution in [0.3, 0.4) is 0 Å². The van der Waals surface area contributed by atoms with E-state index >= 15 is 0 Å². The molecule has 11 nitrogen and oxygen atoms in total. The summed E-state index contributed by atoms with van der Waals surface area (Å²) in [5.41, 5.74) is 9.92. The Balaban J connectivity index is 1.32. The number of hydrogen-bond donors (Lipinski definition) is 1. The molecule has 0 spiro atoms. The number of pyridine rings is 1. The van der Waals surface area contributed by atoms with E-state index in [2.05, 4.69) is 26.3 Å². The van der Waals surface area contributed by atoms with Gasteiger partial charge in [-0.15, -0.1) is 5.10 Å². The van der Waals surface area contributed by atoms with Crippen LogP contribution in [0.25, 0.3) is 22.6 Å². The van der Waals surface area contributed by atoms with Crippen LogP contribution in [0.1, 0.15) is 62.1 Å². The fraction of sp³-hybridized carbons (Fsp3) is 0.345. The maximum absolute atomic E-state index is 12.6. The van der Waals surface area contributed by atoms with Crippen LogP contribution in [0.5, 0.6) is 5.75 Å². The Bertz CT molecular complexity index is 1560. The first-order chi connectivity index (χ1) is 19.4. The molecule has 0 saturated heterocycles. The van der Waals surface area contributed by atoms with E-state index in [4.69, 9.17) is 20.2 Å². The van der Waals surface area contributed by atoms with Gasteiger partial charge in [-0.2, -0.15) is 5.26 Å². The number of methoxy groups -OCH3 is 1. The van der Waals surface area contributed by atoms with Gasteiger partial charge in [0.25, 0.3) is 0 Å². The van der Waals surface area contributed by atoms with Crippen molar-refractivity contribution in [1.29, 1.82) is 5.26 Å². The lowest BCUT2D eigenvalue weighted by atomic mass is 9.89. The Morgan fingerprint density at radius 2 is 1.88 bits per heavy atom. The number of nitrogens with two attached hydrogens (primary N) is 1. The van der Waals surface area contributed by atoms with Crippen molar-refractivity contribution in [3.8, 4) is 34.5 Å². The number of anilines is 1. The maximum atomic E-state index is 12.6. The van der Waals surface area contributed by atoms with Gasteiger partial charge in [0.05, 0.1) is 54.1 Å². The monoisotopic (exact) mass is 538 g/mol. The van der Waals surface area contributed by atoms with Crippen molar-refractivity contribution in [3.63, 3.8) is 0 Å². The summed E-state index contributed by atoms with van der Waals surface area (Å²) < 4.78 is 12.9. The number of rotatable bonds is 8. The smallest absolute Gasteiger partial charge is 0.309 e. The molecule has 11 heteroatoms. The predicted molar refractivity (Wildman–Crippen MR) is 147 cm³/mol. The van der Waals surface area contributed by atoms with Gasteiger partial charge < -0.3 is 15.2 Å². The second kappa shape index (κ2) is 11.9. The quantitative estimate of drug-likeness (QED) is 0.317. The zero-order valence-corrected chi connectivity index (χ0v) is 22.4. The molecule has 4 aromatic rings. The number of aromatic nitrogens is 6. The number of ether oxygens (including phenoxy) is 2. The highest BCUT2D eigenvalue weighted by Crippen LogP contribution is 2.33. The van der Waals surface area contributed by atoms with Crippen LogP contribution in [-0.2, 0) is 16.1 Å². The fourth-order valence-corrected chi connectivity index (χ4v) is 4.92. The molecule has 5 rings (SSSR count). The van der Waals surface area contributed by atoms with Crippen LogP contribution in [0, 0.1) is 17.2 Å². The molecule has 3 heterocycles. The van der Waals surface area contributed by atoms with Crippen molar-refractivity contribution in [1.82, 2.24) is 29.9 Å². The summed E-state index contributed by atoms with van der Waals surface area (Å²) in [6.07, 6.45) is 6.43. The van der Waals surface area contributed by atoms with Crippen molar-refractivity contribution in [2.45, 2.75) is 51.7 Å². The molecule has 1 atom stereocenters. The Morgan fingerprint density at radius 3 is 2.65 bits per heavy atom. The van der Waals surface area contributed by atoms with Crippen LogP contribution < -0.4 is 10.5 Å². The molecular formula is C29H30N8O3. The molecule has 1 aliphatic rings. The van der Waals surface area contributed by atoms with Crippen LogP contribution in [0.15, 0.2) is 48.7 Å². The summed E-state index contributed by atoms with van der Waals surface area (Å²) >= 11 is 0. The molecule has 1 saturated carbocycles. The lowest BCUT2D eigenvalue weighted by molar-refractivity contribution is -0.154. The van der Waals surface area contributed by atoms with Gasteiger partial charge in [0, 0.05) is 5.56 Å². The number of nitriles is 1. The van der Waals surface area contributed by atoms with Crippen LogP contribution in [-0.4, -0.2) is 43.0 Å². The number of hydrogen-bond acceptors (Lipinski definition) is 10. The number of carbonyl (C=O) groups is 1. The van der Waals surface area contributed by atoms with E-state index in [1.807, 2.05) is 25.1 Å². The second-order valence-corrected chi connectivity index (χ2v) is 9.76. The van der Waals surface area contributed by atoms with Gasteiger partial charge in [0.15, 0.2) is 0 Å². The van der Waals surface area contributed by atoms with Gasteiger partial charge in [-0.05, 0) is 50.1 Å². The van der Waals surface area contributed by atoms with Gasteiger partial charge >= 0.3 is 5.97 Å². The summed E-state index contributed by atoms with van der Waals surface area (Å²) in [4.78, 5) is 26.0. The van der Waals surface area contributed by atoms with Crippen molar-refractivity contribution >= 4 is 11.9 Å². The molecule has 40 heavy (non-hydrogen) atoms. The molecule has 3 aromatic heterocycles. The number of nitrogens with zero attached hydrogens (tertiary/aromatic N) is 7. The molecule has 0 amide bonds. The molecule has 1 fully saturated rings. The Labute approximate surface area is 232 Å². The number of esters is 1. The third-order valence-corrected chi connectivity index (χ3v) is 6.96. The van der Waals surface area contributed by atoms with Crippen molar-refractivity contribution in [3.05, 3.63) is 65.6 Å². The first kappa shape index (κ1) is 26.7. The molecule has 0 bridgehead atoms. The summed E-state index contributed by atoms with van der Waals surface area (Å²) in [7, 11) is 1.50. The van der Waals surface area contributed by atoms with Crippen molar-refractivity contribution in [2.75, 3.05) is 12.8 Å². The highest BCUT2D eigenvalue weighted by molar-refractivity contribution is 5.74. The van der Waals surface area contributed by atoms with E-state index in [9.17, 15) is 10.1 Å². The zero-order valence-electron chi connectivity index (χ0n) is 22.4. The summed E-state index contributed by atoms with van der Waals surface area (Å²) in [6.45, 7) is 2.20. The van der Waals surface area contributed by atoms with E-state index in [0.717, 1.165) is 31.4 Å². The van der Waals surface area contributed by atoms with Gasteiger partial charge in [-0.25, -0.2) is 14.6 Å². The van der Waals surface area contributed by atoms with Crippen LogP contribution in [0.2, 0.25) is 0 Å². The normalized spacial score (nSPS) is 14.3. The highest BCUT2D eigenvalue weighted by Gasteiger charge is 2.25. The molecule has 1 aromatic carbocycles. The van der Waals surface area contributed by atoms with E-state index in [1.54, 1.807) is 35.1 Å². The molecule has 0 aliphatic heterocycles. The maximum Gasteiger partial charge on any atom is 0.309 e. The second-order valence-electron chi connectivity index (χ2n) is 9.76. The molecule has 0 radical (unpaired) electrons. The highest BCUT2D eigenvalue weighted by atomic mass is 16.5. The van der Waals surface area contributed by atoms with Crippen LogP contribution >= 0.6 is 0 Å². The first-order valence-corrected chi connectivity index (χ1v) is 13.2. The minimum Gasteiger partial charge on any atom is -0.495 e. The first-order valence-electron chi connectivity index (χ1n) is 13.2. The molecule has 204 valence electrons. The topological polar surface area (TPSA) is 155 Å². The number of nitrogen functional groups attached to an aromatic ring is 1. The van der Waals surface area contributed by atoms with E-state index < -0.39 is 6.10 Å². The molecule has 1 aliphatic carbocycles. The third kappa shape index (κ3) is 5.91. The zero-order chi connectivity index (χ0) is 28.1. The van der Waals surface area contributed by atoms with Crippen molar-refractivity contribution in [2.24, 2.45) is 5.92 Å². The number of benzene rings is 1. The molecule has 0 unspecified atom stereocenters. The van der Waals surface area contributed by atoms with Gasteiger partial charge in [-0.3, -0.25) is 9.78 Å². The fourth-order valence-electron chi connectivity index (χ4n) is 4.92. The lowest BCUT2D eigenvalue weighted by Gasteiger charge is -2.22. The van der Waals surface area contributed by atoms with Gasteiger partial charge in [-0.1, -0.05) is 36.6 Å². The molecular weight excluding hydrogens is 508 g/mol. The average Bonchev–Trinajstić information content (AvgIpc) is 3.45. The minimum atomic E-state index is -0.445. The van der Waals surface area contributed by atoms with Gasteiger partial charge in [0.1, 0.15) is 23.6 Å². The predicted octanol–water partition coefficient (Wildman–Crippen LogP) is 4.49. The minimum absolute atomic E-state index is 0.0133. The summed E-state index contributed by atoms with van der Waals surface area (Å²) in [6, 6.07) is 14.7. The summed E-state index contributed by atoms with van der Waals surface area (Å²) in [5.74, 6) is 0.307. The number of carbonyl (C=O) groups excluding carboxylic acids is 1. The standard InChI is InChI=1S/C29H30N8O3/c1-18(40-28(38)19-8-4-3-5-9-19)23-13-7-11-21(32-23)16-37-17-26(35-36-37)25-14-24(33-29(31)34-25)22-12-6-10-20(15-30)27(22)39-2/h6-7,10-14,17-19H,3-5,8-9,16H2,1-2H3,(H2,31,33,34)/t18-/m0/s1. The van der Waals surface area contributed by atoms with E-state index in [-0.39, 0.29) is 17.8 Å². The number of para-hydroxylation sites is 1. The Kier molecular flexibility index (Phi) is 7.96.